The predicted molar refractivity (Wildman–Crippen MR) is 87.0 cm³/mol. The summed E-state index contributed by atoms with van der Waals surface area (Å²) in [4.78, 5) is 4.51. The van der Waals surface area contributed by atoms with Crippen molar-refractivity contribution in [3.63, 3.8) is 0 Å². The molecule has 0 unspecified atom stereocenters. The van der Waals surface area contributed by atoms with Crippen LogP contribution in [0.4, 0.5) is 0 Å². The van der Waals surface area contributed by atoms with Gasteiger partial charge >= 0.3 is 0 Å². The zero-order valence-corrected chi connectivity index (χ0v) is 13.9. The van der Waals surface area contributed by atoms with Crippen molar-refractivity contribution >= 4 is 5.96 Å². The lowest BCUT2D eigenvalue weighted by atomic mass is 10.1. The molecule has 2 N–H and O–H groups in total. The fourth-order valence-corrected chi connectivity index (χ4v) is 1.95. The smallest absolute Gasteiger partial charge is 0.191 e. The minimum atomic E-state index is 0.372. The van der Waals surface area contributed by atoms with Crippen LogP contribution in [-0.2, 0) is 11.3 Å². The summed E-state index contributed by atoms with van der Waals surface area (Å²) in [5.41, 5.74) is 0.969. The molecule has 0 amide bonds. The van der Waals surface area contributed by atoms with Gasteiger partial charge in [-0.25, -0.2) is 4.99 Å². The van der Waals surface area contributed by atoms with Crippen molar-refractivity contribution in [1.82, 2.24) is 15.8 Å². The fraction of sp³-hybridized carbons (Fsp3) is 0.750. The molecule has 6 heteroatoms. The second-order valence-corrected chi connectivity index (χ2v) is 6.01. The Bertz CT molecular complexity index is 466. The second kappa shape index (κ2) is 8.78. The van der Waals surface area contributed by atoms with Gasteiger partial charge in [-0.1, -0.05) is 19.0 Å². The number of hydrogen-bond donors (Lipinski definition) is 2. The first kappa shape index (κ1) is 16.8. The highest BCUT2D eigenvalue weighted by molar-refractivity contribution is 5.79. The van der Waals surface area contributed by atoms with Crippen LogP contribution in [0.3, 0.4) is 0 Å². The van der Waals surface area contributed by atoms with Crippen LogP contribution in [0.2, 0.25) is 0 Å². The van der Waals surface area contributed by atoms with Crippen molar-refractivity contribution < 1.29 is 9.26 Å². The summed E-state index contributed by atoms with van der Waals surface area (Å²) < 4.78 is 10.9. The van der Waals surface area contributed by atoms with Crippen molar-refractivity contribution in [1.29, 1.82) is 0 Å². The van der Waals surface area contributed by atoms with Crippen LogP contribution in [0.5, 0.6) is 0 Å². The molecule has 1 aromatic heterocycles. The van der Waals surface area contributed by atoms with Crippen molar-refractivity contribution in [3.8, 4) is 0 Å². The van der Waals surface area contributed by atoms with Gasteiger partial charge in [-0.3, -0.25) is 0 Å². The van der Waals surface area contributed by atoms with Crippen LogP contribution in [-0.4, -0.2) is 37.4 Å². The lowest BCUT2D eigenvalue weighted by Crippen LogP contribution is -2.39. The molecule has 0 atom stereocenters. The lowest BCUT2D eigenvalue weighted by molar-refractivity contribution is 0.129. The van der Waals surface area contributed by atoms with E-state index in [4.69, 9.17) is 9.26 Å². The molecule has 0 bridgehead atoms. The number of nitrogens with zero attached hydrogens (tertiary/aromatic N) is 2. The van der Waals surface area contributed by atoms with Crippen molar-refractivity contribution in [3.05, 3.63) is 17.5 Å². The van der Waals surface area contributed by atoms with Crippen LogP contribution >= 0.6 is 0 Å². The number of aromatic nitrogens is 1. The lowest BCUT2D eigenvalue weighted by Gasteiger charge is -2.11. The number of guanidine groups is 1. The van der Waals surface area contributed by atoms with Gasteiger partial charge in [-0.2, -0.15) is 0 Å². The molecular weight excluding hydrogens is 280 g/mol. The number of rotatable bonds is 9. The summed E-state index contributed by atoms with van der Waals surface area (Å²) in [5.74, 6) is 2.74. The van der Waals surface area contributed by atoms with E-state index >= 15 is 0 Å². The van der Waals surface area contributed by atoms with E-state index in [0.29, 0.717) is 19.1 Å². The Morgan fingerprint density at radius 1 is 1.45 bits per heavy atom. The summed E-state index contributed by atoms with van der Waals surface area (Å²) in [6, 6.07) is 1.97. The van der Waals surface area contributed by atoms with E-state index in [0.717, 1.165) is 43.0 Å². The maximum atomic E-state index is 5.60. The Labute approximate surface area is 132 Å². The molecule has 2 rings (SSSR count). The molecule has 1 saturated carbocycles. The molecule has 0 aromatic carbocycles. The molecule has 1 heterocycles. The van der Waals surface area contributed by atoms with E-state index in [1.54, 1.807) is 0 Å². The number of nitrogens with one attached hydrogen (secondary N) is 2. The molecule has 1 aliphatic rings. The topological polar surface area (TPSA) is 71.7 Å². The first-order chi connectivity index (χ1) is 10.7. The maximum Gasteiger partial charge on any atom is 0.191 e. The van der Waals surface area contributed by atoms with E-state index in [1.807, 2.05) is 13.0 Å². The van der Waals surface area contributed by atoms with Gasteiger partial charge in [-0.05, 0) is 31.6 Å². The van der Waals surface area contributed by atoms with Gasteiger partial charge in [0, 0.05) is 25.8 Å². The molecule has 124 valence electrons. The molecule has 1 aromatic rings. The maximum absolute atomic E-state index is 5.60. The quantitative estimate of drug-likeness (QED) is 0.416. The van der Waals surface area contributed by atoms with Gasteiger partial charge in [0.15, 0.2) is 11.7 Å². The largest absolute Gasteiger partial charge is 0.379 e. The summed E-state index contributed by atoms with van der Waals surface area (Å²) in [7, 11) is 0. The monoisotopic (exact) mass is 308 g/mol. The van der Waals surface area contributed by atoms with Gasteiger partial charge in [0.1, 0.15) is 6.54 Å². The van der Waals surface area contributed by atoms with E-state index in [9.17, 15) is 0 Å². The first-order valence-corrected chi connectivity index (χ1v) is 8.24. The Morgan fingerprint density at radius 2 is 2.27 bits per heavy atom. The standard InChI is InChI=1S/C16H28N4O2/c1-4-17-16(18-7-8-21-11-13-5-6-13)19-10-14-9-15(12(2)3)20-22-14/h9,12-13H,4-8,10-11H2,1-3H3,(H2,17,18,19). The predicted octanol–water partition coefficient (Wildman–Crippen LogP) is 2.28. The van der Waals surface area contributed by atoms with Crippen LogP contribution < -0.4 is 10.6 Å². The number of aliphatic imine (C=N–C) groups is 1. The van der Waals surface area contributed by atoms with E-state index in [-0.39, 0.29) is 0 Å². The molecule has 0 radical (unpaired) electrons. The van der Waals surface area contributed by atoms with E-state index in [1.165, 1.54) is 12.8 Å². The zero-order chi connectivity index (χ0) is 15.8. The fourth-order valence-electron chi connectivity index (χ4n) is 1.95. The average molecular weight is 308 g/mol. The molecular formula is C16H28N4O2. The van der Waals surface area contributed by atoms with E-state index in [2.05, 4.69) is 34.6 Å². The van der Waals surface area contributed by atoms with Crippen LogP contribution in [0, 0.1) is 5.92 Å². The minimum Gasteiger partial charge on any atom is -0.379 e. The molecule has 0 spiro atoms. The number of hydrogen-bond acceptors (Lipinski definition) is 4. The Balaban J connectivity index is 1.72. The zero-order valence-electron chi connectivity index (χ0n) is 13.9. The Hall–Kier alpha value is -1.56. The third kappa shape index (κ3) is 6.05. The normalized spacial score (nSPS) is 15.4. The molecule has 1 fully saturated rings. The van der Waals surface area contributed by atoms with E-state index < -0.39 is 0 Å². The number of ether oxygens (including phenoxy) is 1. The van der Waals surface area contributed by atoms with Gasteiger partial charge in [0.25, 0.3) is 0 Å². The molecule has 0 aliphatic heterocycles. The summed E-state index contributed by atoms with van der Waals surface area (Å²) >= 11 is 0. The SMILES string of the molecule is CCNC(=NCc1cc(C(C)C)no1)NCCOCC1CC1. The van der Waals surface area contributed by atoms with Crippen molar-refractivity contribution in [2.24, 2.45) is 10.9 Å². The molecule has 22 heavy (non-hydrogen) atoms. The highest BCUT2D eigenvalue weighted by Gasteiger charge is 2.20. The third-order valence-electron chi connectivity index (χ3n) is 3.50. The molecule has 6 nitrogen and oxygen atoms in total. The molecule has 1 aliphatic carbocycles. The average Bonchev–Trinajstić information content (AvgIpc) is 3.19. The van der Waals surface area contributed by atoms with Crippen LogP contribution in [0.15, 0.2) is 15.6 Å². The molecule has 0 saturated heterocycles. The van der Waals surface area contributed by atoms with Gasteiger partial charge in [0.05, 0.1) is 12.3 Å². The first-order valence-electron chi connectivity index (χ1n) is 8.24. The summed E-state index contributed by atoms with van der Waals surface area (Å²) in [5, 5.41) is 10.5. The minimum absolute atomic E-state index is 0.372. The van der Waals surface area contributed by atoms with Crippen molar-refractivity contribution in [2.75, 3.05) is 26.3 Å². The van der Waals surface area contributed by atoms with Gasteiger partial charge < -0.3 is 19.9 Å². The van der Waals surface area contributed by atoms with Crippen molar-refractivity contribution in [2.45, 2.75) is 46.1 Å². The highest BCUT2D eigenvalue weighted by Crippen LogP contribution is 2.28. The highest BCUT2D eigenvalue weighted by atomic mass is 16.5. The van der Waals surface area contributed by atoms with Crippen LogP contribution in [0.25, 0.3) is 0 Å². The second-order valence-electron chi connectivity index (χ2n) is 6.01. The third-order valence-corrected chi connectivity index (χ3v) is 3.50. The van der Waals surface area contributed by atoms with Gasteiger partial charge in [0.2, 0.25) is 0 Å². The van der Waals surface area contributed by atoms with Crippen LogP contribution in [0.1, 0.15) is 51.0 Å². The van der Waals surface area contributed by atoms with Gasteiger partial charge in [-0.15, -0.1) is 0 Å². The Kier molecular flexibility index (Phi) is 6.71. The summed E-state index contributed by atoms with van der Waals surface area (Å²) in [6.45, 7) is 9.90. The Morgan fingerprint density at radius 3 is 2.91 bits per heavy atom. The summed E-state index contributed by atoms with van der Waals surface area (Å²) in [6.07, 6.45) is 2.65.